The summed E-state index contributed by atoms with van der Waals surface area (Å²) in [5, 5.41) is 3.65. The zero-order chi connectivity index (χ0) is 13.2. The van der Waals surface area contributed by atoms with Crippen molar-refractivity contribution in [2.24, 2.45) is 5.92 Å². The highest BCUT2D eigenvalue weighted by atomic mass is 15.2. The van der Waals surface area contributed by atoms with Crippen molar-refractivity contribution >= 4 is 0 Å². The van der Waals surface area contributed by atoms with Gasteiger partial charge in [0.1, 0.15) is 0 Å². The largest absolute Gasteiger partial charge is 0.330 e. The van der Waals surface area contributed by atoms with Crippen LogP contribution in [0.3, 0.4) is 0 Å². The molecule has 106 valence electrons. The third-order valence-corrected chi connectivity index (χ3v) is 4.78. The van der Waals surface area contributed by atoms with Crippen LogP contribution in [-0.4, -0.2) is 41.1 Å². The van der Waals surface area contributed by atoms with E-state index in [9.17, 15) is 0 Å². The standard InChI is InChI=1S/C15H26N4/c1-12-10-18(2)8-6-14(12)19-11-16-9-15(19)13-5-3-4-7-17-13/h9,11-14,17H,3-8,10H2,1-2H3. The fourth-order valence-corrected chi connectivity index (χ4v) is 3.72. The third kappa shape index (κ3) is 2.70. The molecule has 0 aromatic carbocycles. The van der Waals surface area contributed by atoms with E-state index in [1.807, 2.05) is 0 Å². The number of hydrogen-bond donors (Lipinski definition) is 1. The number of nitrogens with one attached hydrogen (secondary N) is 1. The quantitative estimate of drug-likeness (QED) is 0.887. The van der Waals surface area contributed by atoms with E-state index in [4.69, 9.17) is 0 Å². The van der Waals surface area contributed by atoms with Crippen LogP contribution in [0.25, 0.3) is 0 Å². The molecule has 3 atom stereocenters. The minimum atomic E-state index is 0.517. The predicted molar refractivity (Wildman–Crippen MR) is 77.1 cm³/mol. The van der Waals surface area contributed by atoms with Crippen molar-refractivity contribution in [3.8, 4) is 0 Å². The Morgan fingerprint density at radius 3 is 2.95 bits per heavy atom. The topological polar surface area (TPSA) is 33.1 Å². The molecule has 4 nitrogen and oxygen atoms in total. The molecule has 1 N–H and O–H groups in total. The molecule has 0 saturated carbocycles. The third-order valence-electron chi connectivity index (χ3n) is 4.78. The number of nitrogens with zero attached hydrogens (tertiary/aromatic N) is 3. The van der Waals surface area contributed by atoms with Gasteiger partial charge in [0.05, 0.1) is 12.0 Å². The highest BCUT2D eigenvalue weighted by Gasteiger charge is 2.28. The smallest absolute Gasteiger partial charge is 0.0951 e. The first-order valence-corrected chi connectivity index (χ1v) is 7.69. The van der Waals surface area contributed by atoms with Gasteiger partial charge in [-0.2, -0.15) is 0 Å². The van der Waals surface area contributed by atoms with Crippen molar-refractivity contribution in [3.05, 3.63) is 18.2 Å². The van der Waals surface area contributed by atoms with E-state index in [2.05, 4.69) is 46.3 Å². The fourth-order valence-electron chi connectivity index (χ4n) is 3.72. The lowest BCUT2D eigenvalue weighted by Crippen LogP contribution is -2.39. The summed E-state index contributed by atoms with van der Waals surface area (Å²) in [7, 11) is 2.23. The van der Waals surface area contributed by atoms with Crippen molar-refractivity contribution in [1.82, 2.24) is 19.8 Å². The van der Waals surface area contributed by atoms with Gasteiger partial charge in [-0.05, 0) is 45.3 Å². The Hall–Kier alpha value is -0.870. The molecule has 0 aliphatic carbocycles. The average molecular weight is 262 g/mol. The summed E-state index contributed by atoms with van der Waals surface area (Å²) in [6.07, 6.45) is 9.29. The highest BCUT2D eigenvalue weighted by molar-refractivity contribution is 5.08. The van der Waals surface area contributed by atoms with E-state index in [0.717, 1.165) is 6.54 Å². The summed E-state index contributed by atoms with van der Waals surface area (Å²) in [5.41, 5.74) is 1.40. The van der Waals surface area contributed by atoms with Crippen molar-refractivity contribution < 1.29 is 0 Å². The monoisotopic (exact) mass is 262 g/mol. The zero-order valence-electron chi connectivity index (χ0n) is 12.2. The van der Waals surface area contributed by atoms with Crippen LogP contribution >= 0.6 is 0 Å². The van der Waals surface area contributed by atoms with Gasteiger partial charge in [0, 0.05) is 24.8 Å². The summed E-state index contributed by atoms with van der Waals surface area (Å²) in [5.74, 6) is 0.704. The summed E-state index contributed by atoms with van der Waals surface area (Å²) < 4.78 is 2.46. The van der Waals surface area contributed by atoms with Crippen molar-refractivity contribution in [2.75, 3.05) is 26.7 Å². The lowest BCUT2D eigenvalue weighted by molar-refractivity contribution is 0.155. The molecule has 0 radical (unpaired) electrons. The van der Waals surface area contributed by atoms with Crippen molar-refractivity contribution in [1.29, 1.82) is 0 Å². The Morgan fingerprint density at radius 2 is 2.21 bits per heavy atom. The SMILES string of the molecule is CC1CN(C)CCC1n1cncc1C1CCCCN1. The summed E-state index contributed by atoms with van der Waals surface area (Å²) in [4.78, 5) is 6.88. The van der Waals surface area contributed by atoms with Gasteiger partial charge in [-0.15, -0.1) is 0 Å². The summed E-state index contributed by atoms with van der Waals surface area (Å²) >= 11 is 0. The molecule has 0 amide bonds. The second-order valence-electron chi connectivity index (χ2n) is 6.32. The molecule has 2 fully saturated rings. The second-order valence-corrected chi connectivity index (χ2v) is 6.32. The van der Waals surface area contributed by atoms with E-state index < -0.39 is 0 Å². The first-order chi connectivity index (χ1) is 9.25. The van der Waals surface area contributed by atoms with E-state index in [1.54, 1.807) is 0 Å². The molecule has 2 aliphatic rings. The van der Waals surface area contributed by atoms with E-state index in [-0.39, 0.29) is 0 Å². The van der Waals surface area contributed by atoms with Crippen LogP contribution in [0.4, 0.5) is 0 Å². The van der Waals surface area contributed by atoms with Crippen LogP contribution in [0.5, 0.6) is 0 Å². The Morgan fingerprint density at radius 1 is 1.32 bits per heavy atom. The highest BCUT2D eigenvalue weighted by Crippen LogP contribution is 2.32. The van der Waals surface area contributed by atoms with Gasteiger partial charge in [0.15, 0.2) is 0 Å². The van der Waals surface area contributed by atoms with Gasteiger partial charge in [-0.25, -0.2) is 4.98 Å². The molecule has 1 aromatic rings. The molecular formula is C15H26N4. The van der Waals surface area contributed by atoms with Gasteiger partial charge in [-0.3, -0.25) is 0 Å². The van der Waals surface area contributed by atoms with Crippen molar-refractivity contribution in [2.45, 2.75) is 44.7 Å². The molecule has 3 heterocycles. The Labute approximate surface area is 116 Å². The Bertz CT molecular complexity index is 408. The van der Waals surface area contributed by atoms with E-state index in [1.165, 1.54) is 44.5 Å². The minimum absolute atomic E-state index is 0.517. The lowest BCUT2D eigenvalue weighted by atomic mass is 9.93. The van der Waals surface area contributed by atoms with Crippen LogP contribution in [0.15, 0.2) is 12.5 Å². The average Bonchev–Trinajstić information content (AvgIpc) is 2.89. The molecule has 2 saturated heterocycles. The molecule has 3 rings (SSSR count). The number of piperidine rings is 2. The van der Waals surface area contributed by atoms with Crippen LogP contribution < -0.4 is 5.32 Å². The van der Waals surface area contributed by atoms with Crippen LogP contribution in [-0.2, 0) is 0 Å². The number of rotatable bonds is 2. The molecule has 4 heteroatoms. The summed E-state index contributed by atoms with van der Waals surface area (Å²) in [6.45, 7) is 5.92. The van der Waals surface area contributed by atoms with E-state index in [0.29, 0.717) is 18.0 Å². The lowest BCUT2D eigenvalue weighted by Gasteiger charge is -2.37. The minimum Gasteiger partial charge on any atom is -0.330 e. The van der Waals surface area contributed by atoms with Crippen molar-refractivity contribution in [3.63, 3.8) is 0 Å². The molecular weight excluding hydrogens is 236 g/mol. The van der Waals surface area contributed by atoms with E-state index >= 15 is 0 Å². The zero-order valence-corrected chi connectivity index (χ0v) is 12.2. The number of likely N-dealkylation sites (tertiary alicyclic amines) is 1. The van der Waals surface area contributed by atoms with Gasteiger partial charge in [0.2, 0.25) is 0 Å². The first-order valence-electron chi connectivity index (χ1n) is 7.69. The van der Waals surface area contributed by atoms with Crippen LogP contribution in [0, 0.1) is 5.92 Å². The molecule has 0 bridgehead atoms. The molecule has 3 unspecified atom stereocenters. The van der Waals surface area contributed by atoms with Crippen LogP contribution in [0.2, 0.25) is 0 Å². The summed E-state index contributed by atoms with van der Waals surface area (Å²) in [6, 6.07) is 1.14. The maximum absolute atomic E-state index is 4.44. The molecule has 1 aromatic heterocycles. The first kappa shape index (κ1) is 13.1. The van der Waals surface area contributed by atoms with Crippen LogP contribution in [0.1, 0.15) is 50.4 Å². The molecule has 0 spiro atoms. The maximum Gasteiger partial charge on any atom is 0.0951 e. The predicted octanol–water partition coefficient (Wildman–Crippen LogP) is 2.21. The number of aromatic nitrogens is 2. The Balaban J connectivity index is 1.79. The van der Waals surface area contributed by atoms with Gasteiger partial charge < -0.3 is 14.8 Å². The fraction of sp³-hybridized carbons (Fsp3) is 0.800. The van der Waals surface area contributed by atoms with Gasteiger partial charge in [-0.1, -0.05) is 13.3 Å². The normalized spacial score (nSPS) is 33.5. The number of hydrogen-bond acceptors (Lipinski definition) is 3. The molecule has 19 heavy (non-hydrogen) atoms. The second kappa shape index (κ2) is 5.63. The maximum atomic E-state index is 4.44. The Kier molecular flexibility index (Phi) is 3.89. The molecule has 2 aliphatic heterocycles. The van der Waals surface area contributed by atoms with Gasteiger partial charge >= 0.3 is 0 Å². The van der Waals surface area contributed by atoms with Gasteiger partial charge in [0.25, 0.3) is 0 Å². The number of imidazole rings is 1.